The van der Waals surface area contributed by atoms with Crippen molar-refractivity contribution >= 4 is 44.8 Å². The number of nitrogens with zero attached hydrogens (tertiary/aromatic N) is 3. The van der Waals surface area contributed by atoms with Gasteiger partial charge < -0.3 is 4.90 Å². The Hall–Kier alpha value is -1.59. The Morgan fingerprint density at radius 2 is 2.04 bits per heavy atom. The Kier molecular flexibility index (Phi) is 4.69. The molecule has 130 valence electrons. The second kappa shape index (κ2) is 6.96. The van der Waals surface area contributed by atoms with Crippen LogP contribution in [0.5, 0.6) is 0 Å². The van der Waals surface area contributed by atoms with Gasteiger partial charge in [0.2, 0.25) is 0 Å². The molecule has 5 heteroatoms. The lowest BCUT2D eigenvalue weighted by atomic mass is 9.97. The van der Waals surface area contributed by atoms with Gasteiger partial charge in [-0.2, -0.15) is 0 Å². The Morgan fingerprint density at radius 3 is 2.80 bits per heavy atom. The number of fused-ring (bicyclic) bond motifs is 3. The summed E-state index contributed by atoms with van der Waals surface area (Å²) < 4.78 is 0. The molecular formula is C20H23N3S2. The van der Waals surface area contributed by atoms with Crippen LogP contribution in [0.3, 0.4) is 0 Å². The summed E-state index contributed by atoms with van der Waals surface area (Å²) in [6.45, 7) is 5.24. The van der Waals surface area contributed by atoms with Crippen molar-refractivity contribution in [2.75, 3.05) is 17.7 Å². The molecular weight excluding hydrogens is 346 g/mol. The van der Waals surface area contributed by atoms with Crippen molar-refractivity contribution in [1.29, 1.82) is 0 Å². The van der Waals surface area contributed by atoms with Crippen LogP contribution >= 0.6 is 23.1 Å². The van der Waals surface area contributed by atoms with Crippen molar-refractivity contribution in [2.45, 2.75) is 44.7 Å². The molecule has 3 aromatic rings. The number of aromatic nitrogens is 2. The summed E-state index contributed by atoms with van der Waals surface area (Å²) >= 11 is 3.51. The lowest BCUT2D eigenvalue weighted by molar-refractivity contribution is 0.700. The highest BCUT2D eigenvalue weighted by Crippen LogP contribution is 2.42. The van der Waals surface area contributed by atoms with Crippen LogP contribution in [0, 0.1) is 6.92 Å². The number of hydrogen-bond donors (Lipinski definition) is 0. The molecule has 0 fully saturated rings. The molecule has 1 aliphatic carbocycles. The fourth-order valence-corrected chi connectivity index (χ4v) is 5.33. The third kappa shape index (κ3) is 3.04. The lowest BCUT2D eigenvalue weighted by Gasteiger charge is -2.24. The molecule has 0 radical (unpaired) electrons. The van der Waals surface area contributed by atoms with Gasteiger partial charge in [-0.25, -0.2) is 9.97 Å². The van der Waals surface area contributed by atoms with E-state index in [4.69, 9.17) is 9.97 Å². The predicted molar refractivity (Wildman–Crippen MR) is 110 cm³/mol. The van der Waals surface area contributed by atoms with E-state index in [1.165, 1.54) is 46.3 Å². The molecule has 0 bridgehead atoms. The highest BCUT2D eigenvalue weighted by atomic mass is 32.2. The molecule has 2 aromatic heterocycles. The minimum absolute atomic E-state index is 0.868. The molecule has 2 heterocycles. The van der Waals surface area contributed by atoms with Crippen molar-refractivity contribution in [3.63, 3.8) is 0 Å². The molecule has 25 heavy (non-hydrogen) atoms. The molecule has 0 amide bonds. The fourth-order valence-electron chi connectivity index (χ4n) is 3.66. The monoisotopic (exact) mass is 369 g/mol. The van der Waals surface area contributed by atoms with Gasteiger partial charge in [0.25, 0.3) is 0 Å². The normalized spacial score (nSPS) is 13.9. The molecule has 0 unspecified atom stereocenters. The van der Waals surface area contributed by atoms with Crippen LogP contribution < -0.4 is 4.90 Å². The van der Waals surface area contributed by atoms with E-state index >= 15 is 0 Å². The average Bonchev–Trinajstić information content (AvgIpc) is 3.00. The lowest BCUT2D eigenvalue weighted by Crippen LogP contribution is -2.18. The largest absolute Gasteiger partial charge is 0.326 e. The van der Waals surface area contributed by atoms with E-state index in [0.29, 0.717) is 0 Å². The van der Waals surface area contributed by atoms with Crippen molar-refractivity contribution in [3.8, 4) is 0 Å². The number of benzene rings is 1. The van der Waals surface area contributed by atoms with E-state index in [1.54, 1.807) is 11.8 Å². The number of aryl methyl sites for hydroxylation is 3. The summed E-state index contributed by atoms with van der Waals surface area (Å²) in [7, 11) is 0. The van der Waals surface area contributed by atoms with Crippen LogP contribution in [-0.2, 0) is 12.8 Å². The molecule has 1 aromatic carbocycles. The average molecular weight is 370 g/mol. The Morgan fingerprint density at radius 1 is 1.20 bits per heavy atom. The summed E-state index contributed by atoms with van der Waals surface area (Å²) in [5, 5.41) is 2.16. The van der Waals surface area contributed by atoms with Crippen LogP contribution in [0.15, 0.2) is 29.4 Å². The first-order valence-electron chi connectivity index (χ1n) is 8.91. The van der Waals surface area contributed by atoms with Gasteiger partial charge in [-0.3, -0.25) is 0 Å². The molecule has 0 saturated carbocycles. The van der Waals surface area contributed by atoms with Gasteiger partial charge in [-0.15, -0.1) is 11.3 Å². The van der Waals surface area contributed by atoms with E-state index in [1.807, 2.05) is 11.3 Å². The van der Waals surface area contributed by atoms with Gasteiger partial charge in [0.05, 0.1) is 5.39 Å². The molecule has 0 spiro atoms. The zero-order valence-electron chi connectivity index (χ0n) is 15.0. The molecule has 0 aliphatic heterocycles. The number of thiophene rings is 1. The summed E-state index contributed by atoms with van der Waals surface area (Å²) in [6, 6.07) is 8.70. The highest BCUT2D eigenvalue weighted by Gasteiger charge is 2.24. The standard InChI is InChI=1S/C20H23N3S2/c1-4-23(14-9-7-8-13(2)12-14)18-17-15-10-5-6-11-16(15)25-19(17)22-20(21-18)24-3/h7-9,12H,4-6,10-11H2,1-3H3. The smallest absolute Gasteiger partial charge is 0.190 e. The minimum atomic E-state index is 0.868. The second-order valence-electron chi connectivity index (χ2n) is 6.51. The first-order valence-corrected chi connectivity index (χ1v) is 11.0. The molecule has 0 N–H and O–H groups in total. The first kappa shape index (κ1) is 16.9. The number of anilines is 2. The Labute approximate surface area is 157 Å². The van der Waals surface area contributed by atoms with E-state index < -0.39 is 0 Å². The van der Waals surface area contributed by atoms with E-state index in [0.717, 1.165) is 28.8 Å². The van der Waals surface area contributed by atoms with Crippen molar-refractivity contribution in [3.05, 3.63) is 40.3 Å². The maximum Gasteiger partial charge on any atom is 0.190 e. The van der Waals surface area contributed by atoms with Crippen LogP contribution in [0.1, 0.15) is 35.8 Å². The van der Waals surface area contributed by atoms with Crippen molar-refractivity contribution in [1.82, 2.24) is 9.97 Å². The zero-order chi connectivity index (χ0) is 17.4. The van der Waals surface area contributed by atoms with Crippen molar-refractivity contribution < 1.29 is 0 Å². The van der Waals surface area contributed by atoms with Gasteiger partial charge in [-0.05, 0) is 69.0 Å². The van der Waals surface area contributed by atoms with E-state index in [-0.39, 0.29) is 0 Å². The van der Waals surface area contributed by atoms with Gasteiger partial charge >= 0.3 is 0 Å². The topological polar surface area (TPSA) is 29.0 Å². The summed E-state index contributed by atoms with van der Waals surface area (Å²) in [5.41, 5.74) is 3.99. The zero-order valence-corrected chi connectivity index (χ0v) is 16.6. The molecule has 4 rings (SSSR count). The van der Waals surface area contributed by atoms with Crippen LogP contribution in [-0.4, -0.2) is 22.8 Å². The number of hydrogen-bond acceptors (Lipinski definition) is 5. The minimum Gasteiger partial charge on any atom is -0.326 e. The molecule has 0 atom stereocenters. The fraction of sp³-hybridized carbons (Fsp3) is 0.400. The van der Waals surface area contributed by atoms with Crippen molar-refractivity contribution in [2.24, 2.45) is 0 Å². The van der Waals surface area contributed by atoms with E-state index in [2.05, 4.69) is 49.3 Å². The van der Waals surface area contributed by atoms with Crippen LogP contribution in [0.2, 0.25) is 0 Å². The Balaban J connectivity index is 1.96. The maximum absolute atomic E-state index is 4.96. The SMILES string of the molecule is CCN(c1cccc(C)c1)c1nc(SC)nc2sc3c(c12)CCCC3. The van der Waals surface area contributed by atoms with Crippen LogP contribution in [0.4, 0.5) is 11.5 Å². The molecule has 0 saturated heterocycles. The van der Waals surface area contributed by atoms with Gasteiger partial charge in [0.1, 0.15) is 10.6 Å². The maximum atomic E-state index is 4.96. The summed E-state index contributed by atoms with van der Waals surface area (Å²) in [6.07, 6.45) is 6.99. The van der Waals surface area contributed by atoms with Gasteiger partial charge in [-0.1, -0.05) is 23.9 Å². The Bertz CT molecular complexity index is 917. The van der Waals surface area contributed by atoms with Gasteiger partial charge in [0, 0.05) is 17.1 Å². The second-order valence-corrected chi connectivity index (χ2v) is 8.37. The third-order valence-corrected chi connectivity index (χ3v) is 6.58. The first-order chi connectivity index (χ1) is 12.2. The third-order valence-electron chi connectivity index (χ3n) is 4.84. The predicted octanol–water partition coefficient (Wildman–Crippen LogP) is 5.76. The highest BCUT2D eigenvalue weighted by molar-refractivity contribution is 7.98. The number of thioether (sulfide) groups is 1. The summed E-state index contributed by atoms with van der Waals surface area (Å²) in [4.78, 5) is 14.8. The van der Waals surface area contributed by atoms with E-state index in [9.17, 15) is 0 Å². The summed E-state index contributed by atoms with van der Waals surface area (Å²) in [5.74, 6) is 1.09. The molecule has 3 nitrogen and oxygen atoms in total. The van der Waals surface area contributed by atoms with Crippen LogP contribution in [0.25, 0.3) is 10.2 Å². The number of rotatable bonds is 4. The van der Waals surface area contributed by atoms with Gasteiger partial charge in [0.15, 0.2) is 5.16 Å². The quantitative estimate of drug-likeness (QED) is 0.432. The molecule has 1 aliphatic rings.